The van der Waals surface area contributed by atoms with Gasteiger partial charge in [0, 0.05) is 25.0 Å². The van der Waals surface area contributed by atoms with Crippen molar-refractivity contribution >= 4 is 22.4 Å². The number of hydrogen-bond acceptors (Lipinski definition) is 6. The monoisotopic (exact) mass is 303 g/mol. The van der Waals surface area contributed by atoms with E-state index in [2.05, 4.69) is 26.5 Å². The van der Waals surface area contributed by atoms with E-state index in [0.29, 0.717) is 11.9 Å². The Hall–Kier alpha value is -1.66. The van der Waals surface area contributed by atoms with Gasteiger partial charge >= 0.3 is 0 Å². The molecule has 0 bridgehead atoms. The Morgan fingerprint density at radius 3 is 2.76 bits per heavy atom. The first-order chi connectivity index (χ1) is 10.3. The van der Waals surface area contributed by atoms with Crippen LogP contribution in [0.2, 0.25) is 0 Å². The SMILES string of the molecule is CC(CNc1snc(N)c1-c1ccncc1)N1CCCC1. The van der Waals surface area contributed by atoms with Crippen LogP contribution >= 0.6 is 11.5 Å². The molecule has 1 saturated heterocycles. The lowest BCUT2D eigenvalue weighted by Crippen LogP contribution is -2.35. The molecule has 2 aromatic rings. The second-order valence-electron chi connectivity index (χ2n) is 5.48. The fourth-order valence-electron chi connectivity index (χ4n) is 2.77. The van der Waals surface area contributed by atoms with Gasteiger partial charge in [0.1, 0.15) is 10.8 Å². The van der Waals surface area contributed by atoms with Gasteiger partial charge in [-0.2, -0.15) is 4.37 Å². The molecule has 1 unspecified atom stereocenters. The van der Waals surface area contributed by atoms with Crippen LogP contribution in [0, 0.1) is 0 Å². The molecule has 0 aliphatic carbocycles. The van der Waals surface area contributed by atoms with Gasteiger partial charge in [-0.1, -0.05) is 0 Å². The van der Waals surface area contributed by atoms with Crippen LogP contribution in [0.15, 0.2) is 24.5 Å². The summed E-state index contributed by atoms with van der Waals surface area (Å²) < 4.78 is 4.29. The molecule has 0 amide bonds. The van der Waals surface area contributed by atoms with E-state index in [-0.39, 0.29) is 0 Å². The van der Waals surface area contributed by atoms with Gasteiger partial charge in [0.25, 0.3) is 0 Å². The van der Waals surface area contributed by atoms with Gasteiger partial charge in [-0.05, 0) is 62.1 Å². The Balaban J connectivity index is 1.71. The van der Waals surface area contributed by atoms with Crippen molar-refractivity contribution in [2.24, 2.45) is 0 Å². The number of rotatable bonds is 5. The lowest BCUT2D eigenvalue weighted by Gasteiger charge is -2.24. The Morgan fingerprint density at radius 1 is 1.33 bits per heavy atom. The van der Waals surface area contributed by atoms with Crippen LogP contribution in [0.1, 0.15) is 19.8 Å². The highest BCUT2D eigenvalue weighted by atomic mass is 32.1. The molecule has 3 rings (SSSR count). The average molecular weight is 303 g/mol. The maximum Gasteiger partial charge on any atom is 0.147 e. The summed E-state index contributed by atoms with van der Waals surface area (Å²) in [5.74, 6) is 0.586. The number of nitrogens with two attached hydrogens (primary N) is 1. The van der Waals surface area contributed by atoms with Gasteiger partial charge < -0.3 is 11.1 Å². The molecule has 0 saturated carbocycles. The number of nitrogen functional groups attached to an aromatic ring is 1. The summed E-state index contributed by atoms with van der Waals surface area (Å²) in [7, 11) is 0. The van der Waals surface area contributed by atoms with Crippen molar-refractivity contribution in [3.63, 3.8) is 0 Å². The molecular formula is C15H21N5S. The fraction of sp³-hybridized carbons (Fsp3) is 0.467. The van der Waals surface area contributed by atoms with Crippen LogP contribution in [-0.2, 0) is 0 Å². The topological polar surface area (TPSA) is 67.1 Å². The summed E-state index contributed by atoms with van der Waals surface area (Å²) in [5, 5.41) is 4.57. The Kier molecular flexibility index (Phi) is 4.36. The molecule has 1 fully saturated rings. The highest BCUT2D eigenvalue weighted by Crippen LogP contribution is 2.36. The van der Waals surface area contributed by atoms with Crippen molar-refractivity contribution in [3.8, 4) is 11.1 Å². The van der Waals surface area contributed by atoms with Crippen LogP contribution in [0.3, 0.4) is 0 Å². The van der Waals surface area contributed by atoms with E-state index >= 15 is 0 Å². The third-order valence-electron chi connectivity index (χ3n) is 4.01. The first-order valence-electron chi connectivity index (χ1n) is 7.39. The summed E-state index contributed by atoms with van der Waals surface area (Å²) >= 11 is 1.43. The Labute approximate surface area is 129 Å². The van der Waals surface area contributed by atoms with E-state index in [4.69, 9.17) is 5.73 Å². The van der Waals surface area contributed by atoms with Crippen molar-refractivity contribution in [3.05, 3.63) is 24.5 Å². The molecule has 1 aliphatic rings. The predicted molar refractivity (Wildman–Crippen MR) is 88.5 cm³/mol. The average Bonchev–Trinajstić information content (AvgIpc) is 3.15. The number of likely N-dealkylation sites (tertiary alicyclic amines) is 1. The molecule has 3 N–H and O–H groups in total. The smallest absolute Gasteiger partial charge is 0.147 e. The Morgan fingerprint density at radius 2 is 2.05 bits per heavy atom. The van der Waals surface area contributed by atoms with Gasteiger partial charge in [0.05, 0.1) is 5.56 Å². The van der Waals surface area contributed by atoms with Crippen LogP contribution < -0.4 is 11.1 Å². The molecule has 0 radical (unpaired) electrons. The van der Waals surface area contributed by atoms with Crippen molar-refractivity contribution in [2.45, 2.75) is 25.8 Å². The van der Waals surface area contributed by atoms with Crippen LogP contribution in [0.4, 0.5) is 10.8 Å². The number of aromatic nitrogens is 2. The summed E-state index contributed by atoms with van der Waals surface area (Å²) in [6.07, 6.45) is 6.20. The zero-order valence-corrected chi connectivity index (χ0v) is 13.1. The molecule has 0 aromatic carbocycles. The highest BCUT2D eigenvalue weighted by molar-refractivity contribution is 7.11. The third kappa shape index (κ3) is 3.16. The molecular weight excluding hydrogens is 282 g/mol. The minimum atomic E-state index is 0.529. The lowest BCUT2D eigenvalue weighted by atomic mass is 10.1. The lowest BCUT2D eigenvalue weighted by molar-refractivity contribution is 0.269. The van der Waals surface area contributed by atoms with E-state index in [0.717, 1.165) is 22.7 Å². The maximum absolute atomic E-state index is 6.03. The van der Waals surface area contributed by atoms with Gasteiger partial charge in [-0.15, -0.1) is 0 Å². The summed E-state index contributed by atoms with van der Waals surface area (Å²) in [4.78, 5) is 6.59. The molecule has 0 spiro atoms. The van der Waals surface area contributed by atoms with Crippen molar-refractivity contribution in [1.82, 2.24) is 14.3 Å². The molecule has 21 heavy (non-hydrogen) atoms. The number of nitrogens with zero attached hydrogens (tertiary/aromatic N) is 3. The molecule has 1 atom stereocenters. The number of pyridine rings is 1. The van der Waals surface area contributed by atoms with Crippen LogP contribution in [0.25, 0.3) is 11.1 Å². The number of hydrogen-bond donors (Lipinski definition) is 2. The van der Waals surface area contributed by atoms with Gasteiger partial charge in [-0.3, -0.25) is 9.88 Å². The van der Waals surface area contributed by atoms with E-state index in [1.165, 1.54) is 37.5 Å². The summed E-state index contributed by atoms with van der Waals surface area (Å²) in [6.45, 7) is 5.62. The van der Waals surface area contributed by atoms with E-state index in [1.807, 2.05) is 12.1 Å². The van der Waals surface area contributed by atoms with Gasteiger partial charge in [0.15, 0.2) is 0 Å². The standard InChI is InChI=1S/C15H21N5S/c1-11(20-8-2-3-9-20)10-18-15-13(14(16)19-21-15)12-4-6-17-7-5-12/h4-7,11,18H,2-3,8-10H2,1H3,(H2,16,19). The quantitative estimate of drug-likeness (QED) is 0.889. The molecule has 112 valence electrons. The molecule has 1 aliphatic heterocycles. The molecule has 3 heterocycles. The normalized spacial score (nSPS) is 17.0. The summed E-state index contributed by atoms with van der Waals surface area (Å²) in [5.41, 5.74) is 8.09. The number of nitrogens with one attached hydrogen (secondary N) is 1. The predicted octanol–water partition coefficient (Wildman–Crippen LogP) is 2.68. The van der Waals surface area contributed by atoms with Gasteiger partial charge in [0.2, 0.25) is 0 Å². The molecule has 6 heteroatoms. The largest absolute Gasteiger partial charge is 0.382 e. The zero-order valence-electron chi connectivity index (χ0n) is 12.2. The van der Waals surface area contributed by atoms with Crippen LogP contribution in [0.5, 0.6) is 0 Å². The number of anilines is 2. The van der Waals surface area contributed by atoms with E-state index in [9.17, 15) is 0 Å². The van der Waals surface area contributed by atoms with Crippen molar-refractivity contribution in [1.29, 1.82) is 0 Å². The minimum absolute atomic E-state index is 0.529. The van der Waals surface area contributed by atoms with Crippen molar-refractivity contribution < 1.29 is 0 Å². The highest BCUT2D eigenvalue weighted by Gasteiger charge is 2.19. The third-order valence-corrected chi connectivity index (χ3v) is 4.83. The van der Waals surface area contributed by atoms with Crippen molar-refractivity contribution in [2.75, 3.05) is 30.7 Å². The molecule has 2 aromatic heterocycles. The first kappa shape index (κ1) is 14.3. The van der Waals surface area contributed by atoms with E-state index in [1.54, 1.807) is 12.4 Å². The van der Waals surface area contributed by atoms with Crippen LogP contribution in [-0.4, -0.2) is 39.9 Å². The van der Waals surface area contributed by atoms with E-state index < -0.39 is 0 Å². The summed E-state index contributed by atoms with van der Waals surface area (Å²) in [6, 6.07) is 4.46. The second-order valence-corrected chi connectivity index (χ2v) is 6.25. The zero-order chi connectivity index (χ0) is 14.7. The van der Waals surface area contributed by atoms with Gasteiger partial charge in [-0.25, -0.2) is 0 Å². The minimum Gasteiger partial charge on any atom is -0.382 e. The molecule has 5 nitrogen and oxygen atoms in total. The fourth-order valence-corrected chi connectivity index (χ4v) is 3.52. The second kappa shape index (κ2) is 6.41. The Bertz CT molecular complexity index is 577. The first-order valence-corrected chi connectivity index (χ1v) is 8.16. The maximum atomic E-state index is 6.03.